The molecular formula is C21H26ClN5O. The van der Waals surface area contributed by atoms with Crippen LogP contribution >= 0.6 is 12.4 Å². The van der Waals surface area contributed by atoms with Crippen LogP contribution in [0.25, 0.3) is 22.4 Å². The number of rotatable bonds is 4. The predicted molar refractivity (Wildman–Crippen MR) is 114 cm³/mol. The summed E-state index contributed by atoms with van der Waals surface area (Å²) >= 11 is 0. The van der Waals surface area contributed by atoms with Crippen molar-refractivity contribution in [3.05, 3.63) is 36.7 Å². The molecule has 3 aromatic heterocycles. The van der Waals surface area contributed by atoms with Crippen molar-refractivity contribution in [2.24, 2.45) is 5.41 Å². The van der Waals surface area contributed by atoms with Gasteiger partial charge in [0.1, 0.15) is 5.52 Å². The van der Waals surface area contributed by atoms with E-state index in [9.17, 15) is 4.79 Å². The third-order valence-corrected chi connectivity index (χ3v) is 4.88. The van der Waals surface area contributed by atoms with E-state index in [-0.39, 0.29) is 23.7 Å². The minimum Gasteiger partial charge on any atom is -0.296 e. The number of imidazole rings is 1. The van der Waals surface area contributed by atoms with Crippen LogP contribution in [0.3, 0.4) is 0 Å². The summed E-state index contributed by atoms with van der Waals surface area (Å²) in [5, 5.41) is 3.03. The molecule has 28 heavy (non-hydrogen) atoms. The Hall–Kier alpha value is -2.47. The Kier molecular flexibility index (Phi) is 5.70. The number of carbonyl (C=O) groups excluding carboxylic acids is 1. The Morgan fingerprint density at radius 3 is 2.61 bits per heavy atom. The number of aromatic nitrogens is 4. The Balaban J connectivity index is 0.00000225. The van der Waals surface area contributed by atoms with E-state index in [2.05, 4.69) is 40.6 Å². The number of hydrogen-bond donors (Lipinski definition) is 1. The first-order valence-corrected chi connectivity index (χ1v) is 9.50. The summed E-state index contributed by atoms with van der Waals surface area (Å²) in [7, 11) is 0. The van der Waals surface area contributed by atoms with E-state index in [1.807, 2.05) is 30.5 Å². The summed E-state index contributed by atoms with van der Waals surface area (Å²) in [6.45, 7) is 6.18. The molecule has 0 radical (unpaired) electrons. The molecule has 148 valence electrons. The highest BCUT2D eigenvalue weighted by Gasteiger charge is 2.27. The molecule has 0 aliphatic heterocycles. The summed E-state index contributed by atoms with van der Waals surface area (Å²) < 4.78 is 2.11. The minimum atomic E-state index is -0.0663. The van der Waals surface area contributed by atoms with Gasteiger partial charge in [-0.25, -0.2) is 9.97 Å². The molecular weight excluding hydrogens is 374 g/mol. The van der Waals surface area contributed by atoms with Crippen LogP contribution in [-0.2, 0) is 4.79 Å². The molecule has 1 aliphatic carbocycles. The zero-order valence-corrected chi connectivity index (χ0v) is 17.3. The lowest BCUT2D eigenvalue weighted by molar-refractivity contribution is -0.117. The van der Waals surface area contributed by atoms with E-state index in [1.165, 1.54) is 6.42 Å². The third-order valence-electron chi connectivity index (χ3n) is 4.88. The van der Waals surface area contributed by atoms with Crippen LogP contribution in [0.2, 0.25) is 0 Å². The highest BCUT2D eigenvalue weighted by atomic mass is 35.5. The third kappa shape index (κ3) is 4.17. The van der Waals surface area contributed by atoms with Crippen molar-refractivity contribution in [3.63, 3.8) is 0 Å². The molecule has 0 aromatic carbocycles. The summed E-state index contributed by atoms with van der Waals surface area (Å²) in [5.74, 6) is 0.602. The number of fused-ring (bicyclic) bond motifs is 1. The molecule has 7 heteroatoms. The lowest BCUT2D eigenvalue weighted by atomic mass is 9.92. The van der Waals surface area contributed by atoms with E-state index in [4.69, 9.17) is 4.98 Å². The lowest BCUT2D eigenvalue weighted by Gasteiger charge is -2.28. The van der Waals surface area contributed by atoms with Crippen LogP contribution in [-0.4, -0.2) is 25.4 Å². The summed E-state index contributed by atoms with van der Waals surface area (Å²) in [5.41, 5.74) is 3.40. The molecule has 4 rings (SSSR count). The Bertz CT molecular complexity index is 974. The minimum absolute atomic E-state index is 0. The van der Waals surface area contributed by atoms with E-state index in [1.54, 1.807) is 6.20 Å². The average Bonchev–Trinajstić information content (AvgIpc) is 2.89. The number of nitrogens with one attached hydrogen (secondary N) is 1. The van der Waals surface area contributed by atoms with Crippen LogP contribution in [0.5, 0.6) is 0 Å². The SMILES string of the molecule is CC(C)(C)CC(=O)Nc1nc2ccc(-c3cccnc3)nc2n1C1CCC1.Cl. The quantitative estimate of drug-likeness (QED) is 0.668. The summed E-state index contributed by atoms with van der Waals surface area (Å²) in [6, 6.07) is 8.17. The molecule has 1 amide bonds. The van der Waals surface area contributed by atoms with Crippen molar-refractivity contribution in [1.82, 2.24) is 19.5 Å². The van der Waals surface area contributed by atoms with Crippen molar-refractivity contribution in [2.75, 3.05) is 5.32 Å². The van der Waals surface area contributed by atoms with Crippen molar-refractivity contribution in [3.8, 4) is 11.3 Å². The maximum Gasteiger partial charge on any atom is 0.227 e. The predicted octanol–water partition coefficient (Wildman–Crippen LogP) is 5.01. The van der Waals surface area contributed by atoms with Crippen molar-refractivity contribution in [1.29, 1.82) is 0 Å². The molecule has 3 aromatic rings. The highest BCUT2D eigenvalue weighted by Crippen LogP contribution is 2.37. The van der Waals surface area contributed by atoms with Gasteiger partial charge in [0.15, 0.2) is 5.65 Å². The van der Waals surface area contributed by atoms with Gasteiger partial charge >= 0.3 is 0 Å². The first kappa shape index (κ1) is 20.3. The second kappa shape index (κ2) is 7.87. The lowest BCUT2D eigenvalue weighted by Crippen LogP contribution is -2.24. The summed E-state index contributed by atoms with van der Waals surface area (Å²) in [4.78, 5) is 26.2. The van der Waals surface area contributed by atoms with Gasteiger partial charge in [0.2, 0.25) is 11.9 Å². The molecule has 3 heterocycles. The van der Waals surface area contributed by atoms with E-state index >= 15 is 0 Å². The van der Waals surface area contributed by atoms with Crippen LogP contribution in [0.15, 0.2) is 36.7 Å². The van der Waals surface area contributed by atoms with Crippen molar-refractivity contribution in [2.45, 2.75) is 52.5 Å². The van der Waals surface area contributed by atoms with Gasteiger partial charge in [-0.1, -0.05) is 20.8 Å². The van der Waals surface area contributed by atoms with Gasteiger partial charge in [-0.15, -0.1) is 12.4 Å². The zero-order chi connectivity index (χ0) is 19.0. The fourth-order valence-corrected chi connectivity index (χ4v) is 3.38. The Morgan fingerprint density at radius 2 is 2.00 bits per heavy atom. The van der Waals surface area contributed by atoms with Crippen molar-refractivity contribution >= 4 is 35.4 Å². The first-order valence-electron chi connectivity index (χ1n) is 9.50. The number of anilines is 1. The Morgan fingerprint density at radius 1 is 1.21 bits per heavy atom. The normalized spacial score (nSPS) is 14.4. The second-order valence-electron chi connectivity index (χ2n) is 8.46. The number of amides is 1. The fourth-order valence-electron chi connectivity index (χ4n) is 3.38. The van der Waals surface area contributed by atoms with Crippen molar-refractivity contribution < 1.29 is 4.79 Å². The van der Waals surface area contributed by atoms with Crippen LogP contribution in [0, 0.1) is 5.41 Å². The van der Waals surface area contributed by atoms with E-state index in [0.717, 1.165) is 35.3 Å². The van der Waals surface area contributed by atoms with Gasteiger partial charge < -0.3 is 0 Å². The molecule has 1 fully saturated rings. The molecule has 0 atom stereocenters. The Labute approximate surface area is 171 Å². The smallest absolute Gasteiger partial charge is 0.227 e. The van der Waals surface area contributed by atoms with Gasteiger partial charge in [0.25, 0.3) is 0 Å². The topological polar surface area (TPSA) is 72.7 Å². The molecule has 0 bridgehead atoms. The second-order valence-corrected chi connectivity index (χ2v) is 8.46. The number of nitrogens with zero attached hydrogens (tertiary/aromatic N) is 4. The van der Waals surface area contributed by atoms with Gasteiger partial charge in [0, 0.05) is 30.4 Å². The number of pyridine rings is 2. The van der Waals surface area contributed by atoms with Gasteiger partial charge in [0.05, 0.1) is 5.69 Å². The van der Waals surface area contributed by atoms with Gasteiger partial charge in [-0.2, -0.15) is 0 Å². The van der Waals surface area contributed by atoms with Gasteiger partial charge in [-0.3, -0.25) is 19.7 Å². The van der Waals surface area contributed by atoms with E-state index in [0.29, 0.717) is 18.4 Å². The summed E-state index contributed by atoms with van der Waals surface area (Å²) in [6.07, 6.45) is 7.39. The number of carbonyl (C=O) groups is 1. The standard InChI is InChI=1S/C21H25N5O.ClH/c1-21(2,3)12-18(27)25-20-24-17-10-9-16(14-6-5-11-22-13-14)23-19(17)26(20)15-7-4-8-15;/h5-6,9-11,13,15H,4,7-8,12H2,1-3H3,(H,24,25,27);1H. The van der Waals surface area contributed by atoms with Crippen LogP contribution in [0.1, 0.15) is 52.5 Å². The van der Waals surface area contributed by atoms with E-state index < -0.39 is 0 Å². The molecule has 1 N–H and O–H groups in total. The maximum atomic E-state index is 12.5. The highest BCUT2D eigenvalue weighted by molar-refractivity contribution is 5.91. The maximum absolute atomic E-state index is 12.5. The monoisotopic (exact) mass is 399 g/mol. The molecule has 0 saturated heterocycles. The molecule has 1 aliphatic rings. The molecule has 0 unspecified atom stereocenters. The van der Waals surface area contributed by atoms with Crippen LogP contribution < -0.4 is 5.32 Å². The largest absolute Gasteiger partial charge is 0.296 e. The van der Waals surface area contributed by atoms with Crippen LogP contribution in [0.4, 0.5) is 5.95 Å². The number of halogens is 1. The average molecular weight is 400 g/mol. The molecule has 1 saturated carbocycles. The first-order chi connectivity index (χ1) is 12.9. The molecule has 6 nitrogen and oxygen atoms in total. The fraction of sp³-hybridized carbons (Fsp3) is 0.429. The zero-order valence-electron chi connectivity index (χ0n) is 16.5. The molecule has 0 spiro atoms. The number of hydrogen-bond acceptors (Lipinski definition) is 4. The van der Waals surface area contributed by atoms with Gasteiger partial charge in [-0.05, 0) is 48.9 Å².